The third-order valence-electron chi connectivity index (χ3n) is 7.11. The highest BCUT2D eigenvalue weighted by molar-refractivity contribution is 7.45. The second-order valence-corrected chi connectivity index (χ2v) is 14.3. The lowest BCUT2D eigenvalue weighted by atomic mass is 10.1. The molecule has 0 aliphatic carbocycles. The largest absolute Gasteiger partial charge is 0.756 e. The lowest BCUT2D eigenvalue weighted by Gasteiger charge is -2.28. The molecule has 0 rings (SSSR count). The minimum Gasteiger partial charge on any atom is -0.756 e. The van der Waals surface area contributed by atoms with Crippen molar-refractivity contribution in [1.29, 1.82) is 0 Å². The summed E-state index contributed by atoms with van der Waals surface area (Å²) in [6.45, 7) is 3.92. The molecule has 2 unspecified atom stereocenters. The zero-order chi connectivity index (χ0) is 35.1. The van der Waals surface area contributed by atoms with Gasteiger partial charge < -0.3 is 27.9 Å². The van der Waals surface area contributed by atoms with E-state index in [-0.39, 0.29) is 26.1 Å². The SMILES string of the molecule is CC/C=C\C/C=C\C/C=C\C/C=C\CCCCCCCCC(=O)OC(COC(=O)CCCCCC)COP(=O)([O-])OCC[N+](C)(C)C. The van der Waals surface area contributed by atoms with Gasteiger partial charge in [0, 0.05) is 12.8 Å². The van der Waals surface area contributed by atoms with Gasteiger partial charge in [-0.15, -0.1) is 0 Å². The molecule has 0 aromatic carbocycles. The predicted octanol–water partition coefficient (Wildman–Crippen LogP) is 8.55. The van der Waals surface area contributed by atoms with Crippen LogP contribution in [0.3, 0.4) is 0 Å². The van der Waals surface area contributed by atoms with Crippen LogP contribution in [0.15, 0.2) is 48.6 Å². The number of hydrogen-bond donors (Lipinski definition) is 0. The molecule has 10 heteroatoms. The molecule has 0 saturated heterocycles. The number of unbranched alkanes of at least 4 members (excludes halogenated alkanes) is 9. The average Bonchev–Trinajstić information content (AvgIpc) is 3.01. The van der Waals surface area contributed by atoms with E-state index in [1.54, 1.807) is 0 Å². The lowest BCUT2D eigenvalue weighted by molar-refractivity contribution is -0.870. The summed E-state index contributed by atoms with van der Waals surface area (Å²) in [5.74, 6) is -0.878. The van der Waals surface area contributed by atoms with Crippen LogP contribution in [-0.2, 0) is 32.7 Å². The molecule has 0 fully saturated rings. The molecule has 0 heterocycles. The molecule has 0 bridgehead atoms. The first kappa shape index (κ1) is 45.0. The molecule has 9 nitrogen and oxygen atoms in total. The molecule has 0 radical (unpaired) electrons. The van der Waals surface area contributed by atoms with Crippen LogP contribution in [0.4, 0.5) is 0 Å². The van der Waals surface area contributed by atoms with Crippen molar-refractivity contribution in [3.05, 3.63) is 48.6 Å². The van der Waals surface area contributed by atoms with Crippen LogP contribution >= 0.6 is 7.82 Å². The summed E-state index contributed by atoms with van der Waals surface area (Å²) in [6, 6.07) is 0. The summed E-state index contributed by atoms with van der Waals surface area (Å²) in [5.41, 5.74) is 0. The molecule has 47 heavy (non-hydrogen) atoms. The highest BCUT2D eigenvalue weighted by Gasteiger charge is 2.21. The molecule has 0 saturated carbocycles. The number of esters is 2. The summed E-state index contributed by atoms with van der Waals surface area (Å²) < 4.78 is 33.4. The van der Waals surface area contributed by atoms with E-state index in [2.05, 4.69) is 62.5 Å². The van der Waals surface area contributed by atoms with Crippen LogP contribution < -0.4 is 4.89 Å². The van der Waals surface area contributed by atoms with E-state index >= 15 is 0 Å². The molecule has 0 aliphatic rings. The molecule has 0 N–H and O–H groups in total. The highest BCUT2D eigenvalue weighted by Crippen LogP contribution is 2.38. The Bertz CT molecular complexity index is 954. The van der Waals surface area contributed by atoms with Gasteiger partial charge in [0.1, 0.15) is 19.8 Å². The van der Waals surface area contributed by atoms with Crippen LogP contribution in [0.5, 0.6) is 0 Å². The molecule has 0 aliphatic heterocycles. The minimum absolute atomic E-state index is 0.0358. The Balaban J connectivity index is 4.30. The first-order chi connectivity index (χ1) is 22.5. The maximum atomic E-state index is 12.5. The summed E-state index contributed by atoms with van der Waals surface area (Å²) in [6.07, 6.45) is 32.0. The van der Waals surface area contributed by atoms with Gasteiger partial charge in [-0.1, -0.05) is 107 Å². The molecule has 0 spiro atoms. The van der Waals surface area contributed by atoms with Gasteiger partial charge >= 0.3 is 11.9 Å². The van der Waals surface area contributed by atoms with Crippen LogP contribution in [0.2, 0.25) is 0 Å². The number of phosphoric ester groups is 1. The van der Waals surface area contributed by atoms with Crippen molar-refractivity contribution in [2.24, 2.45) is 0 Å². The van der Waals surface area contributed by atoms with Gasteiger partial charge in [0.2, 0.25) is 0 Å². The number of carbonyl (C=O) groups excluding carboxylic acids is 2. The van der Waals surface area contributed by atoms with Crippen LogP contribution in [0.1, 0.15) is 123 Å². The van der Waals surface area contributed by atoms with E-state index in [0.29, 0.717) is 23.9 Å². The maximum Gasteiger partial charge on any atom is 0.306 e. The third-order valence-corrected chi connectivity index (χ3v) is 8.08. The van der Waals surface area contributed by atoms with Crippen molar-refractivity contribution < 1.29 is 42.1 Å². The molecular weight excluding hydrogens is 617 g/mol. The number of ether oxygens (including phenoxy) is 2. The monoisotopic (exact) mass is 683 g/mol. The van der Waals surface area contributed by atoms with Gasteiger partial charge in [0.15, 0.2) is 6.10 Å². The van der Waals surface area contributed by atoms with Gasteiger partial charge in [0.25, 0.3) is 7.82 Å². The smallest absolute Gasteiger partial charge is 0.306 e. The molecule has 0 amide bonds. The van der Waals surface area contributed by atoms with Crippen molar-refractivity contribution in [3.63, 3.8) is 0 Å². The number of allylic oxidation sites excluding steroid dienone is 8. The highest BCUT2D eigenvalue weighted by atomic mass is 31.2. The number of phosphoric acid groups is 1. The number of quaternary nitrogens is 1. The Hall–Kier alpha value is -2.03. The quantitative estimate of drug-likeness (QED) is 0.0235. The van der Waals surface area contributed by atoms with Crippen LogP contribution in [0.25, 0.3) is 0 Å². The number of likely N-dealkylation sites (N-methyl/N-ethyl adjacent to an activating group) is 1. The molecule has 0 aromatic rings. The first-order valence-corrected chi connectivity index (χ1v) is 19.3. The van der Waals surface area contributed by atoms with Crippen molar-refractivity contribution >= 4 is 19.8 Å². The average molecular weight is 684 g/mol. The lowest BCUT2D eigenvalue weighted by Crippen LogP contribution is -2.37. The summed E-state index contributed by atoms with van der Waals surface area (Å²) >= 11 is 0. The zero-order valence-electron chi connectivity index (χ0n) is 30.2. The number of hydrogen-bond acceptors (Lipinski definition) is 8. The topological polar surface area (TPSA) is 111 Å². The van der Waals surface area contributed by atoms with Crippen LogP contribution in [-0.4, -0.2) is 70.0 Å². The number of rotatable bonds is 31. The first-order valence-electron chi connectivity index (χ1n) is 17.8. The second kappa shape index (κ2) is 30.1. The van der Waals surface area contributed by atoms with Gasteiger partial charge in [0.05, 0.1) is 27.7 Å². The van der Waals surface area contributed by atoms with Crippen molar-refractivity contribution in [2.45, 2.75) is 129 Å². The van der Waals surface area contributed by atoms with E-state index in [1.807, 2.05) is 21.1 Å². The second-order valence-electron chi connectivity index (χ2n) is 12.9. The van der Waals surface area contributed by atoms with E-state index < -0.39 is 32.5 Å². The summed E-state index contributed by atoms with van der Waals surface area (Å²) in [5, 5.41) is 0. The van der Waals surface area contributed by atoms with Crippen molar-refractivity contribution in [2.75, 3.05) is 47.5 Å². The third kappa shape index (κ3) is 33.7. The molecule has 0 aromatic heterocycles. The zero-order valence-corrected chi connectivity index (χ0v) is 31.1. The fraction of sp³-hybridized carbons (Fsp3) is 0.730. The Morgan fingerprint density at radius 2 is 1.21 bits per heavy atom. The summed E-state index contributed by atoms with van der Waals surface area (Å²) in [4.78, 5) is 36.9. The van der Waals surface area contributed by atoms with E-state index in [4.69, 9.17) is 18.5 Å². The van der Waals surface area contributed by atoms with E-state index in [1.165, 1.54) is 0 Å². The number of carbonyl (C=O) groups is 2. The van der Waals surface area contributed by atoms with Crippen molar-refractivity contribution in [3.8, 4) is 0 Å². The summed E-state index contributed by atoms with van der Waals surface area (Å²) in [7, 11) is 1.14. The normalized spacial score (nSPS) is 14.4. The Morgan fingerprint density at radius 1 is 0.681 bits per heavy atom. The van der Waals surface area contributed by atoms with E-state index in [0.717, 1.165) is 83.5 Å². The van der Waals surface area contributed by atoms with E-state index in [9.17, 15) is 19.0 Å². The predicted molar refractivity (Wildman–Crippen MR) is 190 cm³/mol. The van der Waals surface area contributed by atoms with Gasteiger partial charge in [-0.05, 0) is 51.4 Å². The molecule has 272 valence electrons. The molecular formula is C37H66NO8P. The van der Waals surface area contributed by atoms with Crippen molar-refractivity contribution in [1.82, 2.24) is 0 Å². The Kier molecular flexibility index (Phi) is 28.8. The Labute approximate surface area is 286 Å². The Morgan fingerprint density at radius 3 is 1.81 bits per heavy atom. The standard InChI is InChI=1S/C37H66NO8P/c1-6-8-10-12-13-14-15-16-17-18-19-20-21-22-23-24-25-26-28-30-37(40)46-35(33-43-36(39)29-27-11-9-7-2)34-45-47(41,42)44-32-31-38(3,4)5/h8,10,13-14,16-17,19-20,35H,6-7,9,11-12,15,18,21-34H2,1-5H3/b10-8-,14-13-,17-16-,20-19-. The van der Waals surface area contributed by atoms with Gasteiger partial charge in [-0.25, -0.2) is 0 Å². The van der Waals surface area contributed by atoms with Gasteiger partial charge in [-0.3, -0.25) is 14.2 Å². The van der Waals surface area contributed by atoms with Crippen LogP contribution in [0, 0.1) is 0 Å². The van der Waals surface area contributed by atoms with Gasteiger partial charge in [-0.2, -0.15) is 0 Å². The maximum absolute atomic E-state index is 12.5. The minimum atomic E-state index is -4.61. The fourth-order valence-electron chi connectivity index (χ4n) is 4.29. The molecule has 2 atom stereocenters. The fourth-order valence-corrected chi connectivity index (χ4v) is 5.02. The number of nitrogens with zero attached hydrogens (tertiary/aromatic N) is 1.